The molecule has 1 amide bonds. The third-order valence-electron chi connectivity index (χ3n) is 3.66. The first kappa shape index (κ1) is 18.7. The first-order valence-corrected chi connectivity index (χ1v) is 8.00. The van der Waals surface area contributed by atoms with Gasteiger partial charge >= 0.3 is 6.18 Å². The van der Waals surface area contributed by atoms with Crippen LogP contribution in [0.1, 0.15) is 38.3 Å². The molecule has 130 valence electrons. The van der Waals surface area contributed by atoms with Crippen molar-refractivity contribution in [2.24, 2.45) is 5.73 Å². The van der Waals surface area contributed by atoms with E-state index in [4.69, 9.17) is 5.73 Å². The monoisotopic (exact) mass is 452 g/mol. The molecule has 24 heavy (non-hydrogen) atoms. The molecule has 1 aromatic carbocycles. The van der Waals surface area contributed by atoms with E-state index >= 15 is 0 Å². The van der Waals surface area contributed by atoms with E-state index in [-0.39, 0.29) is 6.54 Å². The number of aryl methyl sites for hydroxylation is 2. The number of carbonyl (C=O) groups excluding carboxylic acids is 1. The van der Waals surface area contributed by atoms with Crippen molar-refractivity contribution in [1.29, 1.82) is 0 Å². The Bertz CT molecular complexity index is 748. The smallest absolute Gasteiger partial charge is 0.348 e. The van der Waals surface area contributed by atoms with Gasteiger partial charge in [0.25, 0.3) is 5.91 Å². The Kier molecular flexibility index (Phi) is 5.53. The Hall–Kier alpha value is -1.62. The second kappa shape index (κ2) is 7.09. The average molecular weight is 452 g/mol. The Morgan fingerprint density at radius 2 is 1.92 bits per heavy atom. The molecule has 0 aliphatic rings. The molecule has 1 heterocycles. The quantitative estimate of drug-likeness (QED) is 0.701. The number of nitrogens with one attached hydrogen (secondary N) is 1. The molecule has 1 aromatic heterocycles. The van der Waals surface area contributed by atoms with Gasteiger partial charge in [-0.2, -0.15) is 21.2 Å². The first-order chi connectivity index (χ1) is 11.1. The van der Waals surface area contributed by atoms with Crippen molar-refractivity contribution in [2.45, 2.75) is 33.1 Å². The van der Waals surface area contributed by atoms with Crippen LogP contribution >= 0.6 is 22.9 Å². The summed E-state index contributed by atoms with van der Waals surface area (Å²) in [7, 11) is 0. The van der Waals surface area contributed by atoms with E-state index in [0.29, 0.717) is 9.44 Å². The van der Waals surface area contributed by atoms with Crippen molar-refractivity contribution in [3.8, 4) is 0 Å². The van der Waals surface area contributed by atoms with E-state index in [1.165, 1.54) is 22.9 Å². The lowest BCUT2D eigenvalue weighted by Crippen LogP contribution is -2.26. The Morgan fingerprint density at radius 3 is 2.42 bits per heavy atom. The van der Waals surface area contributed by atoms with Crippen LogP contribution in [0.3, 0.4) is 0 Å². The molecule has 5 nitrogen and oxygen atoms in total. The van der Waals surface area contributed by atoms with Gasteiger partial charge in [0.2, 0.25) is 0 Å². The highest BCUT2D eigenvalue weighted by atomic mass is 127. The summed E-state index contributed by atoms with van der Waals surface area (Å²) < 4.78 is 39.7. The number of hydrogen-bond donors (Lipinski definition) is 2. The van der Waals surface area contributed by atoms with Crippen LogP contribution in [0.4, 0.5) is 13.2 Å². The topological polar surface area (TPSA) is 72.9 Å². The van der Waals surface area contributed by atoms with Crippen molar-refractivity contribution in [3.05, 3.63) is 51.8 Å². The molecule has 3 N–H and O–H groups in total. The van der Waals surface area contributed by atoms with Gasteiger partial charge in [0.1, 0.15) is 0 Å². The fourth-order valence-corrected chi connectivity index (χ4v) is 3.15. The molecule has 0 saturated carbocycles. The summed E-state index contributed by atoms with van der Waals surface area (Å²) in [6, 6.07) is 3.80. The zero-order chi connectivity index (χ0) is 18.1. The number of aromatic nitrogens is 2. The maximum absolute atomic E-state index is 13.0. The Balaban J connectivity index is 2.21. The molecular weight excluding hydrogens is 436 g/mol. The van der Waals surface area contributed by atoms with Gasteiger partial charge in [-0.1, -0.05) is 12.1 Å². The molecular formula is C15H16F3IN4O. The maximum Gasteiger partial charge on any atom is 0.434 e. The number of nitrogens with two attached hydrogens (primary N) is 1. The molecule has 0 bridgehead atoms. The fraction of sp³-hybridized carbons (Fsp3) is 0.333. The summed E-state index contributed by atoms with van der Waals surface area (Å²) in [6.45, 7) is 4.28. The normalized spacial score (nSPS) is 11.6. The molecule has 0 aliphatic heterocycles. The SMILES string of the molecule is Cc1cc(CN)cc(C)c1CNC(=O)c1cnn(I)c1C(F)(F)F. The number of halogens is 4. The number of amides is 1. The van der Waals surface area contributed by atoms with Crippen LogP contribution in [-0.2, 0) is 19.3 Å². The van der Waals surface area contributed by atoms with E-state index in [9.17, 15) is 18.0 Å². The van der Waals surface area contributed by atoms with Gasteiger partial charge in [0.15, 0.2) is 5.69 Å². The second-order valence-electron chi connectivity index (χ2n) is 5.36. The minimum absolute atomic E-state index is 0.130. The molecule has 0 saturated heterocycles. The molecule has 9 heteroatoms. The van der Waals surface area contributed by atoms with Crippen molar-refractivity contribution >= 4 is 28.8 Å². The van der Waals surface area contributed by atoms with E-state index in [0.717, 1.165) is 28.5 Å². The first-order valence-electron chi connectivity index (χ1n) is 7.03. The second-order valence-corrected chi connectivity index (χ2v) is 6.27. The highest BCUT2D eigenvalue weighted by molar-refractivity contribution is 14.1. The summed E-state index contributed by atoms with van der Waals surface area (Å²) >= 11 is 1.39. The summed E-state index contributed by atoms with van der Waals surface area (Å²) in [6.07, 6.45) is -3.74. The van der Waals surface area contributed by atoms with Gasteiger partial charge in [0.05, 0.1) is 34.6 Å². The number of carbonyl (C=O) groups is 1. The lowest BCUT2D eigenvalue weighted by atomic mass is 9.99. The van der Waals surface area contributed by atoms with Crippen LogP contribution in [0.5, 0.6) is 0 Å². The fourth-order valence-electron chi connectivity index (χ4n) is 2.49. The Morgan fingerprint density at radius 1 is 1.33 bits per heavy atom. The van der Waals surface area contributed by atoms with Gasteiger partial charge < -0.3 is 11.1 Å². The zero-order valence-corrected chi connectivity index (χ0v) is 15.2. The summed E-state index contributed by atoms with van der Waals surface area (Å²) in [5, 5.41) is 6.06. The lowest BCUT2D eigenvalue weighted by Gasteiger charge is -2.14. The molecule has 0 spiro atoms. The van der Waals surface area contributed by atoms with Crippen LogP contribution in [-0.4, -0.2) is 13.9 Å². The number of rotatable bonds is 4. The van der Waals surface area contributed by atoms with Gasteiger partial charge in [0, 0.05) is 13.1 Å². The van der Waals surface area contributed by atoms with Crippen molar-refractivity contribution < 1.29 is 18.0 Å². The number of benzene rings is 1. The van der Waals surface area contributed by atoms with Crippen LogP contribution in [0.2, 0.25) is 0 Å². The molecule has 2 aromatic rings. The Labute approximate surface area is 150 Å². The van der Waals surface area contributed by atoms with Gasteiger partial charge in [-0.25, -0.2) is 0 Å². The van der Waals surface area contributed by atoms with Gasteiger partial charge in [-0.3, -0.25) is 4.79 Å². The maximum atomic E-state index is 13.0. The largest absolute Gasteiger partial charge is 0.434 e. The van der Waals surface area contributed by atoms with E-state index < -0.39 is 23.3 Å². The summed E-state index contributed by atoms with van der Waals surface area (Å²) in [4.78, 5) is 12.2. The standard InChI is InChI=1S/C15H16F3IN4O/c1-8-3-10(5-20)4-9(2)11(8)6-21-14(24)12-7-22-23(19)13(12)15(16,17)18/h3-4,7H,5-6,20H2,1-2H3,(H,21,24). The van der Waals surface area contributed by atoms with Crippen molar-refractivity contribution in [1.82, 2.24) is 13.3 Å². The van der Waals surface area contributed by atoms with E-state index in [1.54, 1.807) is 0 Å². The molecule has 2 rings (SSSR count). The van der Waals surface area contributed by atoms with Crippen LogP contribution < -0.4 is 11.1 Å². The van der Waals surface area contributed by atoms with E-state index in [1.807, 2.05) is 26.0 Å². The highest BCUT2D eigenvalue weighted by Crippen LogP contribution is 2.33. The van der Waals surface area contributed by atoms with Gasteiger partial charge in [-0.15, -0.1) is 0 Å². The van der Waals surface area contributed by atoms with E-state index in [2.05, 4.69) is 10.4 Å². The summed E-state index contributed by atoms with van der Waals surface area (Å²) in [5.74, 6) is -0.813. The third-order valence-corrected chi connectivity index (χ3v) is 4.39. The zero-order valence-electron chi connectivity index (χ0n) is 13.0. The molecule has 0 aliphatic carbocycles. The number of nitrogens with zero attached hydrogens (tertiary/aromatic N) is 2. The number of hydrogen-bond acceptors (Lipinski definition) is 3. The lowest BCUT2D eigenvalue weighted by molar-refractivity contribution is -0.141. The molecule has 0 atom stereocenters. The van der Waals surface area contributed by atoms with Crippen LogP contribution in [0, 0.1) is 13.8 Å². The minimum Gasteiger partial charge on any atom is -0.348 e. The van der Waals surface area contributed by atoms with Crippen molar-refractivity contribution in [3.63, 3.8) is 0 Å². The minimum atomic E-state index is -4.65. The predicted molar refractivity (Wildman–Crippen MR) is 91.6 cm³/mol. The van der Waals surface area contributed by atoms with Crippen LogP contribution in [0.25, 0.3) is 0 Å². The van der Waals surface area contributed by atoms with Crippen molar-refractivity contribution in [2.75, 3.05) is 0 Å². The number of alkyl halides is 3. The van der Waals surface area contributed by atoms with Gasteiger partial charge in [-0.05, 0) is 36.1 Å². The molecule has 0 radical (unpaired) electrons. The molecule has 0 fully saturated rings. The molecule has 0 unspecified atom stereocenters. The predicted octanol–water partition coefficient (Wildman–Crippen LogP) is 3.11. The summed E-state index contributed by atoms with van der Waals surface area (Å²) in [5.41, 5.74) is 7.71. The third kappa shape index (κ3) is 3.89. The highest BCUT2D eigenvalue weighted by Gasteiger charge is 2.39. The average Bonchev–Trinajstić information content (AvgIpc) is 2.87. The van der Waals surface area contributed by atoms with Crippen LogP contribution in [0.15, 0.2) is 18.3 Å².